The molecule has 1 aromatic heterocycles. The van der Waals surface area contributed by atoms with Gasteiger partial charge in [0.25, 0.3) is 0 Å². The lowest BCUT2D eigenvalue weighted by Gasteiger charge is -2.09. The largest absolute Gasteiger partial charge is 0.497 e. The Morgan fingerprint density at radius 2 is 2.00 bits per heavy atom. The van der Waals surface area contributed by atoms with Crippen LogP contribution >= 0.6 is 22.9 Å². The van der Waals surface area contributed by atoms with Gasteiger partial charge in [0.15, 0.2) is 0 Å². The minimum Gasteiger partial charge on any atom is -0.497 e. The van der Waals surface area contributed by atoms with E-state index in [1.807, 2.05) is 29.6 Å². The summed E-state index contributed by atoms with van der Waals surface area (Å²) in [6.45, 7) is 0. The fourth-order valence-corrected chi connectivity index (χ4v) is 2.51. The van der Waals surface area contributed by atoms with Crippen molar-refractivity contribution in [1.82, 2.24) is 0 Å². The van der Waals surface area contributed by atoms with Gasteiger partial charge in [-0.25, -0.2) is 0 Å². The van der Waals surface area contributed by atoms with Crippen LogP contribution in [0.3, 0.4) is 0 Å². The molecule has 0 aliphatic carbocycles. The first-order chi connectivity index (χ1) is 7.70. The molecule has 0 aliphatic heterocycles. The number of methoxy groups -OCH3 is 1. The molecule has 16 heavy (non-hydrogen) atoms. The van der Waals surface area contributed by atoms with Gasteiger partial charge in [0.1, 0.15) is 11.9 Å². The molecule has 84 valence electrons. The van der Waals surface area contributed by atoms with Crippen molar-refractivity contribution in [2.45, 2.75) is 6.10 Å². The highest BCUT2D eigenvalue weighted by Crippen LogP contribution is 2.30. The van der Waals surface area contributed by atoms with Gasteiger partial charge in [0, 0.05) is 10.3 Å². The van der Waals surface area contributed by atoms with Gasteiger partial charge in [-0.2, -0.15) is 0 Å². The minimum atomic E-state index is -0.622. The number of halogens is 1. The number of ether oxygens (including phenoxy) is 1. The van der Waals surface area contributed by atoms with Crippen LogP contribution in [0.15, 0.2) is 35.7 Å². The van der Waals surface area contributed by atoms with E-state index in [2.05, 4.69) is 0 Å². The number of benzene rings is 1. The van der Waals surface area contributed by atoms with Gasteiger partial charge in [-0.1, -0.05) is 23.7 Å². The zero-order valence-corrected chi connectivity index (χ0v) is 10.3. The average Bonchev–Trinajstić information content (AvgIpc) is 2.75. The third kappa shape index (κ3) is 2.38. The zero-order valence-electron chi connectivity index (χ0n) is 8.68. The van der Waals surface area contributed by atoms with Gasteiger partial charge in [-0.3, -0.25) is 0 Å². The van der Waals surface area contributed by atoms with Crippen LogP contribution in [0.4, 0.5) is 0 Å². The van der Waals surface area contributed by atoms with Crippen LogP contribution in [-0.4, -0.2) is 12.2 Å². The van der Waals surface area contributed by atoms with Crippen LogP contribution in [0.5, 0.6) is 5.75 Å². The molecule has 0 saturated carbocycles. The average molecular weight is 255 g/mol. The first kappa shape index (κ1) is 11.5. The molecule has 0 spiro atoms. The van der Waals surface area contributed by atoms with E-state index in [0.717, 1.165) is 16.2 Å². The van der Waals surface area contributed by atoms with Crippen molar-refractivity contribution < 1.29 is 9.84 Å². The molecule has 2 nitrogen and oxygen atoms in total. The Kier molecular flexibility index (Phi) is 3.49. The Labute approximate surface area is 103 Å². The molecular weight excluding hydrogens is 244 g/mol. The lowest BCUT2D eigenvalue weighted by Crippen LogP contribution is -1.96. The number of hydrogen-bond acceptors (Lipinski definition) is 3. The van der Waals surface area contributed by atoms with Crippen molar-refractivity contribution in [3.05, 3.63) is 51.2 Å². The molecule has 1 N–H and O–H groups in total. The summed E-state index contributed by atoms with van der Waals surface area (Å²) in [6, 6.07) is 9.12. The monoisotopic (exact) mass is 254 g/mol. The molecule has 0 fully saturated rings. The van der Waals surface area contributed by atoms with Crippen LogP contribution < -0.4 is 4.74 Å². The molecule has 4 heteroatoms. The Bertz CT molecular complexity index is 464. The summed E-state index contributed by atoms with van der Waals surface area (Å²) >= 11 is 7.27. The van der Waals surface area contributed by atoms with Gasteiger partial charge in [-0.15, -0.1) is 11.3 Å². The van der Waals surface area contributed by atoms with E-state index in [1.54, 1.807) is 13.2 Å². The number of hydrogen-bond donors (Lipinski definition) is 1. The van der Waals surface area contributed by atoms with Gasteiger partial charge >= 0.3 is 0 Å². The second-order valence-electron chi connectivity index (χ2n) is 3.34. The summed E-state index contributed by atoms with van der Waals surface area (Å²) in [4.78, 5) is 0.843. The van der Waals surface area contributed by atoms with E-state index in [9.17, 15) is 5.11 Å². The normalized spacial score (nSPS) is 12.4. The zero-order chi connectivity index (χ0) is 11.5. The van der Waals surface area contributed by atoms with E-state index < -0.39 is 6.10 Å². The molecule has 1 aromatic carbocycles. The molecule has 1 heterocycles. The quantitative estimate of drug-likeness (QED) is 0.909. The van der Waals surface area contributed by atoms with Crippen LogP contribution in [0.2, 0.25) is 5.02 Å². The maximum Gasteiger partial charge on any atom is 0.118 e. The first-order valence-electron chi connectivity index (χ1n) is 4.76. The molecule has 0 aliphatic rings. The number of rotatable bonds is 3. The fraction of sp³-hybridized carbons (Fsp3) is 0.167. The number of thiophene rings is 1. The molecule has 0 amide bonds. The third-order valence-electron chi connectivity index (χ3n) is 2.29. The topological polar surface area (TPSA) is 29.5 Å². The molecule has 1 atom stereocenters. The van der Waals surface area contributed by atoms with Crippen molar-refractivity contribution in [1.29, 1.82) is 0 Å². The van der Waals surface area contributed by atoms with E-state index >= 15 is 0 Å². The Hall–Kier alpha value is -1.03. The minimum absolute atomic E-state index is 0.622. The van der Waals surface area contributed by atoms with Gasteiger partial charge < -0.3 is 9.84 Å². The lowest BCUT2D eigenvalue weighted by atomic mass is 10.1. The van der Waals surface area contributed by atoms with Crippen molar-refractivity contribution in [2.75, 3.05) is 7.11 Å². The molecule has 0 saturated heterocycles. The van der Waals surface area contributed by atoms with Crippen molar-refractivity contribution in [2.24, 2.45) is 0 Å². The predicted octanol–water partition coefficient (Wildman–Crippen LogP) is 3.49. The summed E-state index contributed by atoms with van der Waals surface area (Å²) in [5.74, 6) is 0.778. The predicted molar refractivity (Wildman–Crippen MR) is 66.4 cm³/mol. The number of aliphatic hydroxyl groups is 1. The lowest BCUT2D eigenvalue weighted by molar-refractivity contribution is 0.224. The van der Waals surface area contributed by atoms with Crippen LogP contribution in [0.25, 0.3) is 0 Å². The highest BCUT2D eigenvalue weighted by atomic mass is 35.5. The summed E-state index contributed by atoms with van der Waals surface area (Å²) in [5, 5.41) is 12.5. The number of aliphatic hydroxyl groups excluding tert-OH is 1. The molecular formula is C12H11ClO2S. The van der Waals surface area contributed by atoms with Crippen LogP contribution in [0, 0.1) is 0 Å². The summed E-state index contributed by atoms with van der Waals surface area (Å²) in [6.07, 6.45) is -0.622. The highest BCUT2D eigenvalue weighted by molar-refractivity contribution is 7.10. The van der Waals surface area contributed by atoms with Crippen LogP contribution in [-0.2, 0) is 0 Å². The van der Waals surface area contributed by atoms with Gasteiger partial charge in [-0.05, 0) is 23.8 Å². The molecule has 1 unspecified atom stereocenters. The molecule has 0 bridgehead atoms. The SMILES string of the molecule is COc1ccc(C(O)c2cc(Cl)cs2)cc1. The van der Waals surface area contributed by atoms with Crippen molar-refractivity contribution >= 4 is 22.9 Å². The smallest absolute Gasteiger partial charge is 0.118 e. The maximum absolute atomic E-state index is 10.1. The fourth-order valence-electron chi connectivity index (χ4n) is 1.42. The Morgan fingerprint density at radius 1 is 1.31 bits per heavy atom. The summed E-state index contributed by atoms with van der Waals surface area (Å²) in [5.41, 5.74) is 0.833. The second kappa shape index (κ2) is 4.87. The van der Waals surface area contributed by atoms with Gasteiger partial charge in [0.2, 0.25) is 0 Å². The second-order valence-corrected chi connectivity index (χ2v) is 4.72. The summed E-state index contributed by atoms with van der Waals surface area (Å²) < 4.78 is 5.06. The Balaban J connectivity index is 2.23. The van der Waals surface area contributed by atoms with E-state index in [-0.39, 0.29) is 0 Å². The van der Waals surface area contributed by atoms with E-state index in [1.165, 1.54) is 11.3 Å². The van der Waals surface area contributed by atoms with E-state index in [0.29, 0.717) is 5.02 Å². The maximum atomic E-state index is 10.1. The summed E-state index contributed by atoms with van der Waals surface area (Å²) in [7, 11) is 1.62. The molecule has 2 aromatic rings. The standard InChI is InChI=1S/C12H11ClO2S/c1-15-10-4-2-8(3-5-10)12(14)11-6-9(13)7-16-11/h2-7,12,14H,1H3. The van der Waals surface area contributed by atoms with Crippen LogP contribution in [0.1, 0.15) is 16.5 Å². The Morgan fingerprint density at radius 3 is 2.50 bits per heavy atom. The van der Waals surface area contributed by atoms with Crippen molar-refractivity contribution in [3.8, 4) is 5.75 Å². The van der Waals surface area contributed by atoms with Gasteiger partial charge in [0.05, 0.1) is 12.1 Å². The molecule has 2 rings (SSSR count). The first-order valence-corrected chi connectivity index (χ1v) is 6.02. The van der Waals surface area contributed by atoms with E-state index in [4.69, 9.17) is 16.3 Å². The third-order valence-corrected chi connectivity index (χ3v) is 3.62. The van der Waals surface area contributed by atoms with Crippen molar-refractivity contribution in [3.63, 3.8) is 0 Å². The highest BCUT2D eigenvalue weighted by Gasteiger charge is 2.12. The molecule has 0 radical (unpaired) electrons.